The van der Waals surface area contributed by atoms with E-state index in [1.807, 2.05) is 49.5 Å². The Bertz CT molecular complexity index is 798. The van der Waals surface area contributed by atoms with Crippen molar-refractivity contribution in [2.24, 2.45) is 0 Å². The van der Waals surface area contributed by atoms with E-state index in [2.05, 4.69) is 5.32 Å². The van der Waals surface area contributed by atoms with Crippen molar-refractivity contribution in [2.75, 3.05) is 7.05 Å². The van der Waals surface area contributed by atoms with Gasteiger partial charge in [-0.1, -0.05) is 48.0 Å². The van der Waals surface area contributed by atoms with E-state index >= 15 is 0 Å². The van der Waals surface area contributed by atoms with Crippen LogP contribution in [0.1, 0.15) is 5.56 Å². The van der Waals surface area contributed by atoms with Crippen molar-refractivity contribution in [1.29, 1.82) is 0 Å². The number of hydrogen-bond donors (Lipinski definition) is 1. The lowest BCUT2D eigenvalue weighted by Crippen LogP contribution is -2.07. The smallest absolute Gasteiger partial charge is 0.123 e. The highest BCUT2D eigenvalue weighted by Crippen LogP contribution is 2.34. The minimum Gasteiger partial charge on any atom is -0.316 e. The minimum absolute atomic E-state index is 0.220. The zero-order valence-electron chi connectivity index (χ0n) is 11.7. The fourth-order valence-electron chi connectivity index (χ4n) is 2.66. The third kappa shape index (κ3) is 2.65. The van der Waals surface area contributed by atoms with Crippen LogP contribution in [0.4, 0.5) is 4.39 Å². The summed E-state index contributed by atoms with van der Waals surface area (Å²) in [6.45, 7) is 0.615. The Labute approximate surface area is 128 Å². The van der Waals surface area contributed by atoms with E-state index in [1.54, 1.807) is 6.07 Å². The molecule has 0 atom stereocenters. The molecule has 21 heavy (non-hydrogen) atoms. The summed E-state index contributed by atoms with van der Waals surface area (Å²) in [4.78, 5) is 0. The molecule has 0 amide bonds. The predicted molar refractivity (Wildman–Crippen MR) is 87.1 cm³/mol. The largest absolute Gasteiger partial charge is 0.316 e. The quantitative estimate of drug-likeness (QED) is 0.716. The molecule has 0 saturated carbocycles. The van der Waals surface area contributed by atoms with Crippen LogP contribution in [0.2, 0.25) is 5.02 Å². The molecule has 3 heteroatoms. The number of benzene rings is 3. The van der Waals surface area contributed by atoms with Gasteiger partial charge < -0.3 is 5.32 Å². The first-order valence-electron chi connectivity index (χ1n) is 6.81. The third-order valence-electron chi connectivity index (χ3n) is 3.60. The summed E-state index contributed by atoms with van der Waals surface area (Å²) in [6, 6.07) is 16.8. The first kappa shape index (κ1) is 14.1. The maximum atomic E-state index is 13.5. The van der Waals surface area contributed by atoms with Crippen molar-refractivity contribution in [3.8, 4) is 11.1 Å². The lowest BCUT2D eigenvalue weighted by Gasteiger charge is -2.13. The average molecular weight is 300 g/mol. The number of rotatable bonds is 3. The summed E-state index contributed by atoms with van der Waals surface area (Å²) < 4.78 is 13.5. The predicted octanol–water partition coefficient (Wildman–Crippen LogP) is 5.02. The average Bonchev–Trinajstić information content (AvgIpc) is 2.49. The van der Waals surface area contributed by atoms with Gasteiger partial charge in [0.15, 0.2) is 0 Å². The molecule has 0 bridgehead atoms. The highest BCUT2D eigenvalue weighted by molar-refractivity contribution is 6.36. The summed E-state index contributed by atoms with van der Waals surface area (Å²) in [5, 5.41) is 5.90. The van der Waals surface area contributed by atoms with Crippen LogP contribution in [0.5, 0.6) is 0 Å². The first-order valence-corrected chi connectivity index (χ1v) is 7.19. The zero-order valence-corrected chi connectivity index (χ0v) is 12.4. The highest BCUT2D eigenvalue weighted by Gasteiger charge is 2.10. The van der Waals surface area contributed by atoms with Gasteiger partial charge in [-0.3, -0.25) is 0 Å². The highest BCUT2D eigenvalue weighted by atomic mass is 35.5. The second-order valence-electron chi connectivity index (χ2n) is 4.97. The van der Waals surface area contributed by atoms with Gasteiger partial charge in [-0.05, 0) is 47.3 Å². The van der Waals surface area contributed by atoms with Gasteiger partial charge in [0.05, 0.1) is 0 Å². The molecular weight excluding hydrogens is 285 g/mol. The van der Waals surface area contributed by atoms with Crippen molar-refractivity contribution in [3.63, 3.8) is 0 Å². The van der Waals surface area contributed by atoms with Gasteiger partial charge >= 0.3 is 0 Å². The molecule has 0 spiro atoms. The molecule has 3 rings (SSSR count). The number of fused-ring (bicyclic) bond motifs is 1. The molecule has 0 unspecified atom stereocenters. The van der Waals surface area contributed by atoms with Crippen LogP contribution in [-0.4, -0.2) is 7.05 Å². The van der Waals surface area contributed by atoms with E-state index in [9.17, 15) is 4.39 Å². The van der Waals surface area contributed by atoms with Crippen LogP contribution in [-0.2, 0) is 6.54 Å². The maximum absolute atomic E-state index is 13.5. The van der Waals surface area contributed by atoms with E-state index in [1.165, 1.54) is 6.07 Å². The summed E-state index contributed by atoms with van der Waals surface area (Å²) in [5.74, 6) is -0.220. The molecule has 0 saturated heterocycles. The molecule has 3 aromatic rings. The van der Waals surface area contributed by atoms with Crippen LogP contribution in [0.15, 0.2) is 54.6 Å². The molecule has 0 aliphatic carbocycles. The van der Waals surface area contributed by atoms with Crippen LogP contribution >= 0.6 is 11.6 Å². The lowest BCUT2D eigenvalue weighted by atomic mass is 9.94. The Balaban J connectivity index is 2.28. The van der Waals surface area contributed by atoms with Gasteiger partial charge in [-0.25, -0.2) is 4.39 Å². The zero-order chi connectivity index (χ0) is 14.8. The monoisotopic (exact) mass is 299 g/mol. The number of halogens is 2. The molecule has 0 aliphatic rings. The van der Waals surface area contributed by atoms with Crippen molar-refractivity contribution in [2.45, 2.75) is 6.54 Å². The summed E-state index contributed by atoms with van der Waals surface area (Å²) in [6.07, 6.45) is 0. The molecule has 0 heterocycles. The molecule has 3 aromatic carbocycles. The summed E-state index contributed by atoms with van der Waals surface area (Å²) in [7, 11) is 1.86. The van der Waals surface area contributed by atoms with Crippen LogP contribution in [0.25, 0.3) is 21.9 Å². The Morgan fingerprint density at radius 3 is 2.43 bits per heavy atom. The lowest BCUT2D eigenvalue weighted by molar-refractivity contribution is 0.624. The molecule has 0 radical (unpaired) electrons. The Kier molecular flexibility index (Phi) is 3.91. The summed E-state index contributed by atoms with van der Waals surface area (Å²) >= 11 is 6.27. The van der Waals surface area contributed by atoms with Gasteiger partial charge in [0.25, 0.3) is 0 Å². The van der Waals surface area contributed by atoms with E-state index in [0.717, 1.165) is 32.5 Å². The third-order valence-corrected chi connectivity index (χ3v) is 3.93. The van der Waals surface area contributed by atoms with Crippen molar-refractivity contribution >= 4 is 22.4 Å². The molecule has 106 valence electrons. The van der Waals surface area contributed by atoms with Crippen LogP contribution in [0, 0.1) is 5.82 Å². The van der Waals surface area contributed by atoms with E-state index < -0.39 is 0 Å². The maximum Gasteiger partial charge on any atom is 0.123 e. The van der Waals surface area contributed by atoms with E-state index in [-0.39, 0.29) is 5.82 Å². The SMILES string of the molecule is CNCc1cc(F)ccc1-c1ccc(Cl)c2ccccc12. The van der Waals surface area contributed by atoms with Gasteiger partial charge in [-0.15, -0.1) is 0 Å². The van der Waals surface area contributed by atoms with Crippen molar-refractivity contribution < 1.29 is 4.39 Å². The van der Waals surface area contributed by atoms with Crippen LogP contribution < -0.4 is 5.32 Å². The van der Waals surface area contributed by atoms with Gasteiger partial charge in [0.2, 0.25) is 0 Å². The Morgan fingerprint density at radius 1 is 0.952 bits per heavy atom. The second-order valence-corrected chi connectivity index (χ2v) is 5.38. The summed E-state index contributed by atoms with van der Waals surface area (Å²) in [5.41, 5.74) is 3.03. The fourth-order valence-corrected chi connectivity index (χ4v) is 2.89. The molecule has 1 nitrogen and oxygen atoms in total. The second kappa shape index (κ2) is 5.84. The first-order chi connectivity index (χ1) is 10.2. The normalized spacial score (nSPS) is 11.0. The molecule has 1 N–H and O–H groups in total. The van der Waals surface area contributed by atoms with Crippen molar-refractivity contribution in [3.05, 3.63) is 71.0 Å². The fraction of sp³-hybridized carbons (Fsp3) is 0.111. The molecular formula is C18H15ClFN. The van der Waals surface area contributed by atoms with Crippen molar-refractivity contribution in [1.82, 2.24) is 5.32 Å². The molecule has 0 fully saturated rings. The molecule has 0 aliphatic heterocycles. The topological polar surface area (TPSA) is 12.0 Å². The van der Waals surface area contributed by atoms with E-state index in [0.29, 0.717) is 6.54 Å². The number of hydrogen-bond acceptors (Lipinski definition) is 1. The van der Waals surface area contributed by atoms with E-state index in [4.69, 9.17) is 11.6 Å². The number of nitrogens with one attached hydrogen (secondary N) is 1. The van der Waals surface area contributed by atoms with Gasteiger partial charge in [0, 0.05) is 17.0 Å². The Morgan fingerprint density at radius 2 is 1.67 bits per heavy atom. The van der Waals surface area contributed by atoms with Gasteiger partial charge in [-0.2, -0.15) is 0 Å². The standard InChI is InChI=1S/C18H15ClFN/c1-21-11-12-10-13(20)6-7-14(12)16-8-9-18(19)17-5-3-2-4-15(16)17/h2-10,21H,11H2,1H3. The molecule has 0 aromatic heterocycles. The Hall–Kier alpha value is -1.90. The minimum atomic E-state index is -0.220. The van der Waals surface area contributed by atoms with Gasteiger partial charge in [0.1, 0.15) is 5.82 Å². The van der Waals surface area contributed by atoms with Crippen LogP contribution in [0.3, 0.4) is 0 Å².